The summed E-state index contributed by atoms with van der Waals surface area (Å²) < 4.78 is 5.87. The molecule has 0 saturated heterocycles. The number of benzene rings is 2. The topological polar surface area (TPSA) is 38.9 Å². The molecule has 124 valence electrons. The smallest absolute Gasteiger partial charge is 0.205 e. The van der Waals surface area contributed by atoms with Crippen LogP contribution in [0.4, 0.5) is 0 Å². The van der Waals surface area contributed by atoms with Crippen molar-refractivity contribution in [3.05, 3.63) is 77.8 Å². The van der Waals surface area contributed by atoms with Crippen molar-refractivity contribution >= 4 is 22.7 Å². The van der Waals surface area contributed by atoms with E-state index in [4.69, 9.17) is 9.40 Å². The molecule has 0 aliphatic rings. The van der Waals surface area contributed by atoms with Crippen molar-refractivity contribution < 1.29 is 4.42 Å². The van der Waals surface area contributed by atoms with Crippen molar-refractivity contribution in [1.29, 1.82) is 0 Å². The Bertz CT molecular complexity index is 1020. The number of para-hydroxylation sites is 1. The second-order valence-electron chi connectivity index (χ2n) is 6.02. The Kier molecular flexibility index (Phi) is 4.28. The third kappa shape index (κ3) is 3.30. The van der Waals surface area contributed by atoms with E-state index in [1.807, 2.05) is 30.3 Å². The molecule has 4 rings (SSSR count). The molecule has 0 aliphatic carbocycles. The lowest BCUT2D eigenvalue weighted by molar-refractivity contribution is 0.530. The van der Waals surface area contributed by atoms with Gasteiger partial charge in [0.05, 0.1) is 22.5 Å². The van der Waals surface area contributed by atoms with Gasteiger partial charge in [-0.15, -0.1) is 0 Å². The van der Waals surface area contributed by atoms with Crippen LogP contribution in [-0.4, -0.2) is 9.97 Å². The highest BCUT2D eigenvalue weighted by atomic mass is 32.2. The van der Waals surface area contributed by atoms with Gasteiger partial charge in [0.2, 0.25) is 5.89 Å². The predicted molar refractivity (Wildman–Crippen MR) is 103 cm³/mol. The molecule has 0 unspecified atom stereocenters. The first-order valence-electron chi connectivity index (χ1n) is 8.20. The number of fused-ring (bicyclic) bond motifs is 1. The molecular formula is C21H18N2OS. The fourth-order valence-corrected chi connectivity index (χ4v) is 3.67. The highest BCUT2D eigenvalue weighted by molar-refractivity contribution is 7.98. The summed E-state index contributed by atoms with van der Waals surface area (Å²) in [6.45, 7) is 4.23. The van der Waals surface area contributed by atoms with Gasteiger partial charge in [0.25, 0.3) is 0 Å². The third-order valence-electron chi connectivity index (χ3n) is 4.18. The zero-order valence-electron chi connectivity index (χ0n) is 14.2. The summed E-state index contributed by atoms with van der Waals surface area (Å²) >= 11 is 1.65. The number of pyridine rings is 1. The van der Waals surface area contributed by atoms with Gasteiger partial charge >= 0.3 is 0 Å². The van der Waals surface area contributed by atoms with Gasteiger partial charge in [0.15, 0.2) is 5.76 Å². The predicted octanol–water partition coefficient (Wildman–Crippen LogP) is 5.80. The Balaban J connectivity index is 1.55. The number of thioether (sulfide) groups is 1. The van der Waals surface area contributed by atoms with Gasteiger partial charge in [-0.05, 0) is 31.0 Å². The van der Waals surface area contributed by atoms with Crippen LogP contribution < -0.4 is 0 Å². The minimum Gasteiger partial charge on any atom is -0.440 e. The Hall–Kier alpha value is -2.59. The first kappa shape index (κ1) is 15.9. The highest BCUT2D eigenvalue weighted by Crippen LogP contribution is 2.28. The maximum atomic E-state index is 5.87. The maximum Gasteiger partial charge on any atom is 0.205 e. The quantitative estimate of drug-likeness (QED) is 0.438. The molecule has 2 aromatic carbocycles. The Morgan fingerprint density at radius 1 is 0.960 bits per heavy atom. The summed E-state index contributed by atoms with van der Waals surface area (Å²) in [5, 5.41) is 2.21. The molecule has 0 aliphatic heterocycles. The minimum absolute atomic E-state index is 0.663. The molecule has 0 saturated carbocycles. The molecule has 0 spiro atoms. The summed E-state index contributed by atoms with van der Waals surface area (Å²) in [5.74, 6) is 2.18. The van der Waals surface area contributed by atoms with Crippen molar-refractivity contribution in [2.75, 3.05) is 0 Å². The monoisotopic (exact) mass is 346 g/mol. The van der Waals surface area contributed by atoms with Gasteiger partial charge in [-0.1, -0.05) is 60.3 Å². The van der Waals surface area contributed by atoms with Crippen LogP contribution >= 0.6 is 11.8 Å². The van der Waals surface area contributed by atoms with E-state index in [1.54, 1.807) is 18.0 Å². The van der Waals surface area contributed by atoms with Crippen LogP contribution in [0, 0.1) is 13.8 Å². The Labute approximate surface area is 151 Å². The maximum absolute atomic E-state index is 5.87. The second-order valence-corrected chi connectivity index (χ2v) is 7.02. The molecule has 3 nitrogen and oxygen atoms in total. The zero-order valence-corrected chi connectivity index (χ0v) is 15.0. The largest absolute Gasteiger partial charge is 0.440 e. The number of oxazole rings is 1. The number of aryl methyl sites for hydroxylation is 2. The fourth-order valence-electron chi connectivity index (χ4n) is 2.85. The molecule has 2 heterocycles. The van der Waals surface area contributed by atoms with Crippen molar-refractivity contribution in [3.63, 3.8) is 0 Å². The number of nitrogens with zero attached hydrogens (tertiary/aromatic N) is 2. The second kappa shape index (κ2) is 6.73. The van der Waals surface area contributed by atoms with E-state index in [1.165, 1.54) is 16.5 Å². The van der Waals surface area contributed by atoms with E-state index in [2.05, 4.69) is 43.1 Å². The van der Waals surface area contributed by atoms with Gasteiger partial charge in [-0.3, -0.25) is 0 Å². The summed E-state index contributed by atoms with van der Waals surface area (Å²) in [6.07, 6.45) is 1.79. The summed E-state index contributed by atoms with van der Waals surface area (Å²) in [5.41, 5.74) is 4.56. The fraction of sp³-hybridized carbons (Fsp3) is 0.143. The molecule has 4 aromatic rings. The number of aromatic nitrogens is 2. The van der Waals surface area contributed by atoms with E-state index in [0.29, 0.717) is 11.6 Å². The van der Waals surface area contributed by atoms with Crippen molar-refractivity contribution in [2.45, 2.75) is 24.6 Å². The molecule has 0 N–H and O–H groups in total. The van der Waals surface area contributed by atoms with E-state index in [9.17, 15) is 0 Å². The first-order valence-corrected chi connectivity index (χ1v) is 9.19. The van der Waals surface area contributed by atoms with Gasteiger partial charge in [-0.2, -0.15) is 0 Å². The van der Waals surface area contributed by atoms with Crippen molar-refractivity contribution in [1.82, 2.24) is 9.97 Å². The average molecular weight is 346 g/mol. The molecule has 25 heavy (non-hydrogen) atoms. The summed E-state index contributed by atoms with van der Waals surface area (Å²) in [6, 6.07) is 18.5. The Morgan fingerprint density at radius 2 is 1.80 bits per heavy atom. The van der Waals surface area contributed by atoms with E-state index in [0.717, 1.165) is 21.9 Å². The van der Waals surface area contributed by atoms with Gasteiger partial charge in [0, 0.05) is 10.9 Å². The zero-order chi connectivity index (χ0) is 17.2. The molecule has 0 fully saturated rings. The minimum atomic E-state index is 0.663. The van der Waals surface area contributed by atoms with Crippen LogP contribution in [0.3, 0.4) is 0 Å². The van der Waals surface area contributed by atoms with Crippen molar-refractivity contribution in [3.8, 4) is 11.3 Å². The molecule has 4 heteroatoms. The standard InChI is InChI=1S/C21H18N2OS/c1-14-7-6-10-17-15(2)11-20(23-21(14)17)25-13-19-22-12-18(24-19)16-8-4-3-5-9-16/h3-12H,13H2,1-2H3. The molecule has 2 aromatic heterocycles. The van der Waals surface area contributed by atoms with E-state index < -0.39 is 0 Å². The van der Waals surface area contributed by atoms with Crippen LogP contribution in [0.15, 0.2) is 70.2 Å². The van der Waals surface area contributed by atoms with Crippen LogP contribution in [0.5, 0.6) is 0 Å². The first-order chi connectivity index (χ1) is 12.2. The Morgan fingerprint density at radius 3 is 2.64 bits per heavy atom. The van der Waals surface area contributed by atoms with E-state index in [-0.39, 0.29) is 0 Å². The van der Waals surface area contributed by atoms with E-state index >= 15 is 0 Å². The number of hydrogen-bond acceptors (Lipinski definition) is 4. The lowest BCUT2D eigenvalue weighted by Crippen LogP contribution is -1.90. The highest BCUT2D eigenvalue weighted by Gasteiger charge is 2.09. The summed E-state index contributed by atoms with van der Waals surface area (Å²) in [7, 11) is 0. The molecule has 0 bridgehead atoms. The number of rotatable bonds is 4. The molecular weight excluding hydrogens is 328 g/mol. The van der Waals surface area contributed by atoms with Crippen LogP contribution in [-0.2, 0) is 5.75 Å². The van der Waals surface area contributed by atoms with Crippen LogP contribution in [0.25, 0.3) is 22.2 Å². The molecule has 0 radical (unpaired) electrons. The lowest BCUT2D eigenvalue weighted by Gasteiger charge is -2.07. The molecule has 0 amide bonds. The lowest BCUT2D eigenvalue weighted by atomic mass is 10.1. The number of hydrogen-bond donors (Lipinski definition) is 0. The summed E-state index contributed by atoms with van der Waals surface area (Å²) in [4.78, 5) is 9.20. The van der Waals surface area contributed by atoms with Crippen LogP contribution in [0.2, 0.25) is 0 Å². The molecule has 0 atom stereocenters. The third-order valence-corrected chi connectivity index (χ3v) is 5.08. The SMILES string of the molecule is Cc1cc(SCc2ncc(-c3ccccc3)o2)nc2c(C)cccc12. The van der Waals surface area contributed by atoms with Gasteiger partial charge in [-0.25, -0.2) is 9.97 Å². The van der Waals surface area contributed by atoms with Gasteiger partial charge in [0.1, 0.15) is 0 Å². The van der Waals surface area contributed by atoms with Crippen LogP contribution in [0.1, 0.15) is 17.0 Å². The van der Waals surface area contributed by atoms with Crippen molar-refractivity contribution in [2.24, 2.45) is 0 Å². The van der Waals surface area contributed by atoms with Gasteiger partial charge < -0.3 is 4.42 Å². The normalized spacial score (nSPS) is 11.1. The average Bonchev–Trinajstić information content (AvgIpc) is 3.11.